The van der Waals surface area contributed by atoms with Crippen molar-refractivity contribution in [2.75, 3.05) is 0 Å². The minimum atomic E-state index is -4.96. The Labute approximate surface area is 99.8 Å². The summed E-state index contributed by atoms with van der Waals surface area (Å²) in [5, 5.41) is 12.3. The lowest BCUT2D eigenvalue weighted by Gasteiger charge is -2.09. The highest BCUT2D eigenvalue weighted by Crippen LogP contribution is 2.21. The maximum absolute atomic E-state index is 11.9. The van der Waals surface area contributed by atoms with Gasteiger partial charge in [0.25, 0.3) is 5.69 Å². The van der Waals surface area contributed by atoms with E-state index in [0.717, 1.165) is 0 Å². The standard InChI is InChI=1S/C10H9F3N2O3/c1-6-7(3-2-4-8(6)15(17)18)5-14-9(16)10(11,12)13/h2-4H,5H2,1H3,(H,14,16). The van der Waals surface area contributed by atoms with E-state index >= 15 is 0 Å². The predicted molar refractivity (Wildman–Crippen MR) is 55.7 cm³/mol. The van der Waals surface area contributed by atoms with Crippen LogP contribution in [0.15, 0.2) is 18.2 Å². The van der Waals surface area contributed by atoms with E-state index in [2.05, 4.69) is 0 Å². The highest BCUT2D eigenvalue weighted by Gasteiger charge is 2.38. The molecule has 18 heavy (non-hydrogen) atoms. The smallest absolute Gasteiger partial charge is 0.344 e. The number of rotatable bonds is 3. The molecule has 0 unspecified atom stereocenters. The predicted octanol–water partition coefficient (Wildman–Crippen LogP) is 2.08. The van der Waals surface area contributed by atoms with Gasteiger partial charge in [0, 0.05) is 18.2 Å². The Morgan fingerprint density at radius 1 is 1.44 bits per heavy atom. The largest absolute Gasteiger partial charge is 0.471 e. The van der Waals surface area contributed by atoms with Gasteiger partial charge in [0.1, 0.15) is 0 Å². The summed E-state index contributed by atoms with van der Waals surface area (Å²) in [5.74, 6) is -2.08. The van der Waals surface area contributed by atoms with Crippen LogP contribution < -0.4 is 5.32 Å². The molecule has 0 saturated carbocycles. The number of nitro groups is 1. The molecule has 1 rings (SSSR count). The fraction of sp³-hybridized carbons (Fsp3) is 0.300. The molecule has 0 saturated heterocycles. The van der Waals surface area contributed by atoms with E-state index in [9.17, 15) is 28.1 Å². The van der Waals surface area contributed by atoms with Crippen molar-refractivity contribution in [3.8, 4) is 0 Å². The maximum Gasteiger partial charge on any atom is 0.471 e. The molecule has 0 heterocycles. The molecule has 0 aliphatic carbocycles. The number of amides is 1. The number of hydrogen-bond donors (Lipinski definition) is 1. The Morgan fingerprint density at radius 2 is 2.06 bits per heavy atom. The molecule has 8 heteroatoms. The number of nitrogens with one attached hydrogen (secondary N) is 1. The molecule has 5 nitrogen and oxygen atoms in total. The summed E-state index contributed by atoms with van der Waals surface area (Å²) >= 11 is 0. The number of halogens is 3. The van der Waals surface area contributed by atoms with Crippen LogP contribution in [0.5, 0.6) is 0 Å². The highest BCUT2D eigenvalue weighted by molar-refractivity contribution is 5.81. The van der Waals surface area contributed by atoms with Crippen LogP contribution in [-0.4, -0.2) is 17.0 Å². The lowest BCUT2D eigenvalue weighted by Crippen LogP contribution is -2.36. The van der Waals surface area contributed by atoms with Crippen LogP contribution in [0.1, 0.15) is 11.1 Å². The van der Waals surface area contributed by atoms with Crippen LogP contribution in [0.3, 0.4) is 0 Å². The lowest BCUT2D eigenvalue weighted by atomic mass is 10.1. The average Bonchev–Trinajstić information content (AvgIpc) is 2.25. The van der Waals surface area contributed by atoms with Crippen molar-refractivity contribution in [1.29, 1.82) is 0 Å². The van der Waals surface area contributed by atoms with Gasteiger partial charge in [-0.1, -0.05) is 12.1 Å². The van der Waals surface area contributed by atoms with Crippen molar-refractivity contribution in [2.24, 2.45) is 0 Å². The van der Waals surface area contributed by atoms with Gasteiger partial charge < -0.3 is 5.32 Å². The van der Waals surface area contributed by atoms with Gasteiger partial charge >= 0.3 is 12.1 Å². The van der Waals surface area contributed by atoms with Crippen molar-refractivity contribution in [3.05, 3.63) is 39.4 Å². The number of nitrogens with zero attached hydrogens (tertiary/aromatic N) is 1. The molecule has 0 aliphatic heterocycles. The Morgan fingerprint density at radius 3 is 2.56 bits per heavy atom. The molecule has 0 spiro atoms. The van der Waals surface area contributed by atoms with Crippen LogP contribution in [0.2, 0.25) is 0 Å². The minimum Gasteiger partial charge on any atom is -0.344 e. The van der Waals surface area contributed by atoms with Crippen molar-refractivity contribution >= 4 is 11.6 Å². The first-order valence-electron chi connectivity index (χ1n) is 4.81. The second-order valence-corrected chi connectivity index (χ2v) is 3.50. The molecule has 98 valence electrons. The zero-order valence-corrected chi connectivity index (χ0v) is 9.25. The third kappa shape index (κ3) is 3.19. The van der Waals surface area contributed by atoms with E-state index < -0.39 is 23.6 Å². The monoisotopic (exact) mass is 262 g/mol. The Hall–Kier alpha value is -2.12. The molecule has 0 atom stereocenters. The summed E-state index contributed by atoms with van der Waals surface area (Å²) < 4.78 is 35.8. The van der Waals surface area contributed by atoms with Crippen LogP contribution in [0, 0.1) is 17.0 Å². The van der Waals surface area contributed by atoms with E-state index in [1.165, 1.54) is 25.1 Å². The zero-order valence-electron chi connectivity index (χ0n) is 9.25. The number of alkyl halides is 3. The second kappa shape index (κ2) is 5.03. The van der Waals surface area contributed by atoms with Gasteiger partial charge in [-0.3, -0.25) is 14.9 Å². The third-order valence-electron chi connectivity index (χ3n) is 2.31. The molecule has 1 aromatic carbocycles. The van der Waals surface area contributed by atoms with Gasteiger partial charge in [-0.2, -0.15) is 13.2 Å². The first-order chi connectivity index (χ1) is 8.23. The molecular weight excluding hydrogens is 253 g/mol. The SMILES string of the molecule is Cc1c(CNC(=O)C(F)(F)F)cccc1[N+](=O)[O-]. The van der Waals surface area contributed by atoms with Gasteiger partial charge in [0.15, 0.2) is 0 Å². The van der Waals surface area contributed by atoms with Crippen LogP contribution in [0.25, 0.3) is 0 Å². The summed E-state index contributed by atoms with van der Waals surface area (Å²) in [5.41, 5.74) is 0.292. The van der Waals surface area contributed by atoms with Crippen molar-refractivity contribution < 1.29 is 22.9 Å². The Balaban J connectivity index is 2.84. The molecule has 1 amide bonds. The quantitative estimate of drug-likeness (QED) is 0.669. The first kappa shape index (κ1) is 13.9. The topological polar surface area (TPSA) is 72.2 Å². The summed E-state index contributed by atoms with van der Waals surface area (Å²) in [7, 11) is 0. The molecule has 0 bridgehead atoms. The first-order valence-corrected chi connectivity index (χ1v) is 4.81. The van der Waals surface area contributed by atoms with E-state index in [4.69, 9.17) is 0 Å². The summed E-state index contributed by atoms with van der Waals surface area (Å²) in [6.45, 7) is 0.999. The summed E-state index contributed by atoms with van der Waals surface area (Å²) in [4.78, 5) is 20.6. The van der Waals surface area contributed by atoms with Gasteiger partial charge in [-0.25, -0.2) is 0 Å². The second-order valence-electron chi connectivity index (χ2n) is 3.50. The van der Waals surface area contributed by atoms with Crippen molar-refractivity contribution in [2.45, 2.75) is 19.6 Å². The average molecular weight is 262 g/mol. The van der Waals surface area contributed by atoms with Crippen molar-refractivity contribution in [3.63, 3.8) is 0 Å². The maximum atomic E-state index is 11.9. The number of carbonyl (C=O) groups is 1. The number of benzene rings is 1. The summed E-state index contributed by atoms with van der Waals surface area (Å²) in [6.07, 6.45) is -4.96. The molecular formula is C10H9F3N2O3. The van der Waals surface area contributed by atoms with Gasteiger partial charge in [0.2, 0.25) is 0 Å². The molecule has 0 fully saturated rings. The molecule has 1 N–H and O–H groups in total. The highest BCUT2D eigenvalue weighted by atomic mass is 19.4. The fourth-order valence-corrected chi connectivity index (χ4v) is 1.33. The molecule has 0 radical (unpaired) electrons. The molecule has 1 aromatic rings. The van der Waals surface area contributed by atoms with E-state index in [0.29, 0.717) is 0 Å². The number of hydrogen-bond acceptors (Lipinski definition) is 3. The Bertz CT molecular complexity index is 486. The van der Waals surface area contributed by atoms with Gasteiger partial charge in [-0.15, -0.1) is 0 Å². The number of carbonyl (C=O) groups excluding carboxylic acids is 1. The van der Waals surface area contributed by atoms with Crippen LogP contribution >= 0.6 is 0 Å². The van der Waals surface area contributed by atoms with Crippen molar-refractivity contribution in [1.82, 2.24) is 5.32 Å². The zero-order chi connectivity index (χ0) is 13.9. The van der Waals surface area contributed by atoms with E-state index in [1.54, 1.807) is 5.32 Å². The fourth-order valence-electron chi connectivity index (χ4n) is 1.33. The van der Waals surface area contributed by atoms with Gasteiger partial charge in [0.05, 0.1) is 4.92 Å². The number of nitro benzene ring substituents is 1. The normalized spacial score (nSPS) is 11.1. The van der Waals surface area contributed by atoms with E-state index in [1.807, 2.05) is 0 Å². The van der Waals surface area contributed by atoms with Gasteiger partial charge in [-0.05, 0) is 12.5 Å². The van der Waals surface area contributed by atoms with E-state index in [-0.39, 0.29) is 16.8 Å². The molecule has 0 aromatic heterocycles. The van der Waals surface area contributed by atoms with Crippen LogP contribution in [0.4, 0.5) is 18.9 Å². The minimum absolute atomic E-state index is 0.200. The Kier molecular flexibility index (Phi) is 3.89. The summed E-state index contributed by atoms with van der Waals surface area (Å²) in [6, 6.07) is 4.00. The van der Waals surface area contributed by atoms with Crippen LogP contribution in [-0.2, 0) is 11.3 Å². The third-order valence-corrected chi connectivity index (χ3v) is 2.31. The lowest BCUT2D eigenvalue weighted by molar-refractivity contribution is -0.385. The molecule has 0 aliphatic rings.